The Morgan fingerprint density at radius 1 is 1.69 bits per heavy atom. The van der Waals surface area contributed by atoms with Crippen LogP contribution >= 0.6 is 0 Å². The maximum atomic E-state index is 13.1. The summed E-state index contributed by atoms with van der Waals surface area (Å²) >= 11 is 0. The SMILES string of the molecule is C[C@@H](CO)NC(=O)NCc1ncccc1F. The monoisotopic (exact) mass is 227 g/mol. The smallest absolute Gasteiger partial charge is 0.315 e. The molecule has 1 heterocycles. The number of carbonyl (C=O) groups is 1. The van der Waals surface area contributed by atoms with Crippen LogP contribution in [0.15, 0.2) is 18.3 Å². The van der Waals surface area contributed by atoms with Crippen molar-refractivity contribution >= 4 is 6.03 Å². The molecule has 0 fully saturated rings. The highest BCUT2D eigenvalue weighted by molar-refractivity contribution is 5.74. The zero-order valence-electron chi connectivity index (χ0n) is 8.90. The van der Waals surface area contributed by atoms with Gasteiger partial charge in [0.2, 0.25) is 0 Å². The van der Waals surface area contributed by atoms with Crippen molar-refractivity contribution in [2.75, 3.05) is 6.61 Å². The van der Waals surface area contributed by atoms with E-state index >= 15 is 0 Å². The van der Waals surface area contributed by atoms with Gasteiger partial charge in [-0.1, -0.05) is 0 Å². The van der Waals surface area contributed by atoms with Crippen molar-refractivity contribution in [2.24, 2.45) is 0 Å². The number of rotatable bonds is 4. The second-order valence-corrected chi connectivity index (χ2v) is 3.34. The minimum atomic E-state index is -0.466. The molecular weight excluding hydrogens is 213 g/mol. The molecule has 0 aromatic carbocycles. The van der Waals surface area contributed by atoms with Crippen molar-refractivity contribution in [2.45, 2.75) is 19.5 Å². The molecule has 0 aliphatic rings. The van der Waals surface area contributed by atoms with Gasteiger partial charge in [0.25, 0.3) is 0 Å². The predicted octanol–water partition coefficient (Wildman–Crippen LogP) is 0.401. The number of halogens is 1. The van der Waals surface area contributed by atoms with Gasteiger partial charge in [0, 0.05) is 6.20 Å². The summed E-state index contributed by atoms with van der Waals surface area (Å²) in [6.07, 6.45) is 1.45. The molecule has 0 spiro atoms. The summed E-state index contributed by atoms with van der Waals surface area (Å²) in [5.41, 5.74) is 0.175. The van der Waals surface area contributed by atoms with Gasteiger partial charge in [-0.15, -0.1) is 0 Å². The van der Waals surface area contributed by atoms with Gasteiger partial charge >= 0.3 is 6.03 Å². The van der Waals surface area contributed by atoms with Gasteiger partial charge in [-0.05, 0) is 19.1 Å². The van der Waals surface area contributed by atoms with Gasteiger partial charge in [-0.2, -0.15) is 0 Å². The lowest BCUT2D eigenvalue weighted by atomic mass is 10.3. The number of carbonyl (C=O) groups excluding carboxylic acids is 1. The van der Waals surface area contributed by atoms with Crippen molar-refractivity contribution in [3.63, 3.8) is 0 Å². The molecule has 0 aliphatic carbocycles. The summed E-state index contributed by atoms with van der Waals surface area (Å²) < 4.78 is 13.1. The van der Waals surface area contributed by atoms with Crippen LogP contribution in [0.4, 0.5) is 9.18 Å². The molecule has 0 aliphatic heterocycles. The predicted molar refractivity (Wildman–Crippen MR) is 56.1 cm³/mol. The molecule has 88 valence electrons. The highest BCUT2D eigenvalue weighted by atomic mass is 19.1. The van der Waals surface area contributed by atoms with E-state index in [9.17, 15) is 9.18 Å². The number of urea groups is 1. The van der Waals surface area contributed by atoms with Crippen molar-refractivity contribution in [3.8, 4) is 0 Å². The Labute approximate surface area is 92.7 Å². The molecule has 0 saturated carbocycles. The van der Waals surface area contributed by atoms with Crippen LogP contribution in [0.1, 0.15) is 12.6 Å². The zero-order chi connectivity index (χ0) is 12.0. The first kappa shape index (κ1) is 12.4. The van der Waals surface area contributed by atoms with Crippen molar-refractivity contribution in [3.05, 3.63) is 29.8 Å². The molecule has 0 saturated heterocycles. The van der Waals surface area contributed by atoms with E-state index in [1.165, 1.54) is 18.3 Å². The normalized spacial score (nSPS) is 11.9. The minimum absolute atomic E-state index is 0.0106. The number of amides is 2. The van der Waals surface area contributed by atoms with E-state index in [0.29, 0.717) is 0 Å². The fourth-order valence-corrected chi connectivity index (χ4v) is 1.03. The van der Waals surface area contributed by atoms with Gasteiger partial charge in [-0.25, -0.2) is 9.18 Å². The third kappa shape index (κ3) is 3.82. The van der Waals surface area contributed by atoms with Gasteiger partial charge in [0.05, 0.1) is 24.9 Å². The second kappa shape index (κ2) is 6.02. The second-order valence-electron chi connectivity index (χ2n) is 3.34. The first-order valence-electron chi connectivity index (χ1n) is 4.88. The molecule has 1 aromatic heterocycles. The van der Waals surface area contributed by atoms with Crippen molar-refractivity contribution in [1.29, 1.82) is 0 Å². The summed E-state index contributed by atoms with van der Waals surface area (Å²) in [7, 11) is 0. The van der Waals surface area contributed by atoms with Crippen LogP contribution in [0.5, 0.6) is 0 Å². The van der Waals surface area contributed by atoms with Gasteiger partial charge in [-0.3, -0.25) is 4.98 Å². The molecule has 3 N–H and O–H groups in total. The first-order valence-corrected chi connectivity index (χ1v) is 4.88. The van der Waals surface area contributed by atoms with E-state index in [1.807, 2.05) is 0 Å². The van der Waals surface area contributed by atoms with E-state index in [2.05, 4.69) is 15.6 Å². The Hall–Kier alpha value is -1.69. The molecule has 16 heavy (non-hydrogen) atoms. The Bertz CT molecular complexity index is 360. The van der Waals surface area contributed by atoms with Crippen LogP contribution in [-0.2, 0) is 6.54 Å². The highest BCUT2D eigenvalue weighted by Crippen LogP contribution is 2.01. The Balaban J connectivity index is 2.40. The highest BCUT2D eigenvalue weighted by Gasteiger charge is 2.07. The fraction of sp³-hybridized carbons (Fsp3) is 0.400. The fourth-order valence-electron chi connectivity index (χ4n) is 1.03. The van der Waals surface area contributed by atoms with Crippen LogP contribution in [-0.4, -0.2) is 28.8 Å². The number of nitrogens with one attached hydrogen (secondary N) is 2. The summed E-state index contributed by atoms with van der Waals surface area (Å²) in [5, 5.41) is 13.6. The zero-order valence-corrected chi connectivity index (χ0v) is 8.90. The largest absolute Gasteiger partial charge is 0.394 e. The molecule has 1 aromatic rings. The number of aliphatic hydroxyl groups excluding tert-OH is 1. The molecule has 0 bridgehead atoms. The van der Waals surface area contributed by atoms with E-state index < -0.39 is 11.8 Å². The number of aromatic nitrogens is 1. The lowest BCUT2D eigenvalue weighted by Gasteiger charge is -2.11. The lowest BCUT2D eigenvalue weighted by Crippen LogP contribution is -2.42. The Kier molecular flexibility index (Phi) is 4.65. The summed E-state index contributed by atoms with van der Waals surface area (Å²) in [5.74, 6) is -0.460. The molecule has 1 atom stereocenters. The quantitative estimate of drug-likeness (QED) is 0.697. The summed E-state index contributed by atoms with van der Waals surface area (Å²) in [4.78, 5) is 15.0. The number of aliphatic hydroxyl groups is 1. The average Bonchev–Trinajstić information content (AvgIpc) is 2.28. The van der Waals surface area contributed by atoms with Crippen LogP contribution in [0, 0.1) is 5.82 Å². The number of pyridine rings is 1. The Morgan fingerprint density at radius 3 is 3.06 bits per heavy atom. The molecule has 1 rings (SSSR count). The number of nitrogens with zero attached hydrogens (tertiary/aromatic N) is 1. The van der Waals surface area contributed by atoms with E-state index in [1.54, 1.807) is 6.92 Å². The first-order chi connectivity index (χ1) is 7.63. The van der Waals surface area contributed by atoms with Crippen LogP contribution in [0.2, 0.25) is 0 Å². The van der Waals surface area contributed by atoms with Gasteiger partial charge in [0.1, 0.15) is 5.82 Å². The van der Waals surface area contributed by atoms with Crippen molar-refractivity contribution < 1.29 is 14.3 Å². The van der Waals surface area contributed by atoms with E-state index in [-0.39, 0.29) is 24.9 Å². The number of hydrogen-bond donors (Lipinski definition) is 3. The molecule has 0 radical (unpaired) electrons. The Morgan fingerprint density at radius 2 is 2.44 bits per heavy atom. The summed E-state index contributed by atoms with van der Waals surface area (Å²) in [6, 6.07) is 1.95. The average molecular weight is 227 g/mol. The maximum Gasteiger partial charge on any atom is 0.315 e. The van der Waals surface area contributed by atoms with Gasteiger partial charge in [0.15, 0.2) is 0 Å². The minimum Gasteiger partial charge on any atom is -0.394 e. The third-order valence-electron chi connectivity index (χ3n) is 1.90. The summed E-state index contributed by atoms with van der Waals surface area (Å²) in [6.45, 7) is 1.52. The lowest BCUT2D eigenvalue weighted by molar-refractivity contribution is 0.220. The molecule has 0 unspecified atom stereocenters. The van der Waals surface area contributed by atoms with Crippen LogP contribution in [0.25, 0.3) is 0 Å². The van der Waals surface area contributed by atoms with Crippen LogP contribution < -0.4 is 10.6 Å². The molecular formula is C10H14FN3O2. The molecule has 2 amide bonds. The van der Waals surface area contributed by atoms with Gasteiger partial charge < -0.3 is 15.7 Å². The maximum absolute atomic E-state index is 13.1. The molecule has 6 heteroatoms. The standard InChI is InChI=1S/C10H14FN3O2/c1-7(6-15)14-10(16)13-5-9-8(11)3-2-4-12-9/h2-4,7,15H,5-6H2,1H3,(H2,13,14,16)/t7-/m0/s1. The third-order valence-corrected chi connectivity index (χ3v) is 1.90. The van der Waals surface area contributed by atoms with Crippen LogP contribution in [0.3, 0.4) is 0 Å². The number of hydrogen-bond acceptors (Lipinski definition) is 3. The van der Waals surface area contributed by atoms with Crippen molar-refractivity contribution in [1.82, 2.24) is 15.6 Å². The van der Waals surface area contributed by atoms with E-state index in [4.69, 9.17) is 5.11 Å². The molecule has 5 nitrogen and oxygen atoms in total. The van der Waals surface area contributed by atoms with E-state index in [0.717, 1.165) is 0 Å². The topological polar surface area (TPSA) is 74.2 Å².